The summed E-state index contributed by atoms with van der Waals surface area (Å²) in [6.07, 6.45) is 3.83. The minimum absolute atomic E-state index is 0.205. The van der Waals surface area contributed by atoms with Crippen molar-refractivity contribution < 1.29 is 13.6 Å². The van der Waals surface area contributed by atoms with E-state index in [-0.39, 0.29) is 16.8 Å². The Kier molecular flexibility index (Phi) is 4.73. The van der Waals surface area contributed by atoms with Gasteiger partial charge in [0.15, 0.2) is 11.6 Å². The van der Waals surface area contributed by atoms with Gasteiger partial charge in [0.05, 0.1) is 11.1 Å². The molecule has 7 heteroatoms. The number of amides is 1. The third-order valence-corrected chi connectivity index (χ3v) is 4.81. The molecule has 0 saturated heterocycles. The van der Waals surface area contributed by atoms with Gasteiger partial charge in [-0.25, -0.2) is 13.8 Å². The Hall–Kier alpha value is -2.46. The fourth-order valence-electron chi connectivity index (χ4n) is 2.54. The van der Waals surface area contributed by atoms with Crippen LogP contribution in [0.4, 0.5) is 14.5 Å². The Bertz CT molecular complexity index is 891. The number of nitriles is 1. The number of rotatable bonds is 4. The van der Waals surface area contributed by atoms with Crippen LogP contribution in [0.25, 0.3) is 0 Å². The quantitative estimate of drug-likeness (QED) is 0.771. The van der Waals surface area contributed by atoms with Gasteiger partial charge in [-0.2, -0.15) is 5.26 Å². The minimum Gasteiger partial charge on any atom is -0.311 e. The Morgan fingerprint density at radius 3 is 2.60 bits per heavy atom. The minimum atomic E-state index is -1.03. The third-order valence-electron chi connectivity index (χ3n) is 4.13. The molecule has 0 N–H and O–H groups in total. The molecule has 2 aromatic rings. The van der Waals surface area contributed by atoms with Crippen LogP contribution >= 0.6 is 11.8 Å². The SMILES string of the molecule is CSc1nc(C2CC2)cc(C(=O)N(C)c2ccc(F)c(F)c2)c1C#N. The fraction of sp³-hybridized carbons (Fsp3) is 0.278. The lowest BCUT2D eigenvalue weighted by molar-refractivity contribution is 0.0992. The van der Waals surface area contributed by atoms with E-state index < -0.39 is 17.5 Å². The van der Waals surface area contributed by atoms with Crippen LogP contribution in [0, 0.1) is 23.0 Å². The van der Waals surface area contributed by atoms with Crippen LogP contribution in [0.3, 0.4) is 0 Å². The largest absolute Gasteiger partial charge is 0.311 e. The molecule has 0 radical (unpaired) electrons. The van der Waals surface area contributed by atoms with Crippen molar-refractivity contribution in [1.82, 2.24) is 4.98 Å². The van der Waals surface area contributed by atoms with Gasteiger partial charge in [0.1, 0.15) is 11.1 Å². The monoisotopic (exact) mass is 359 g/mol. The van der Waals surface area contributed by atoms with E-state index in [1.54, 1.807) is 12.3 Å². The van der Waals surface area contributed by atoms with Crippen molar-refractivity contribution in [2.45, 2.75) is 23.8 Å². The number of pyridine rings is 1. The van der Waals surface area contributed by atoms with Gasteiger partial charge in [-0.05, 0) is 37.3 Å². The second-order valence-corrected chi connectivity index (χ2v) is 6.62. The maximum Gasteiger partial charge on any atom is 0.259 e. The van der Waals surface area contributed by atoms with E-state index in [0.717, 1.165) is 30.7 Å². The predicted octanol–water partition coefficient (Wildman–Crippen LogP) is 4.11. The molecule has 1 aliphatic carbocycles. The summed E-state index contributed by atoms with van der Waals surface area (Å²) >= 11 is 1.31. The lowest BCUT2D eigenvalue weighted by atomic mass is 10.1. The first-order valence-corrected chi connectivity index (χ1v) is 8.91. The van der Waals surface area contributed by atoms with Crippen molar-refractivity contribution in [3.63, 3.8) is 0 Å². The van der Waals surface area contributed by atoms with E-state index in [4.69, 9.17) is 0 Å². The Morgan fingerprint density at radius 2 is 2.04 bits per heavy atom. The molecule has 1 aromatic heterocycles. The highest BCUT2D eigenvalue weighted by Gasteiger charge is 2.29. The molecule has 0 bridgehead atoms. The number of anilines is 1. The van der Waals surface area contributed by atoms with Gasteiger partial charge in [0.25, 0.3) is 5.91 Å². The first-order valence-electron chi connectivity index (χ1n) is 7.68. The van der Waals surface area contributed by atoms with Crippen LogP contribution in [-0.2, 0) is 0 Å². The van der Waals surface area contributed by atoms with Gasteiger partial charge in [0.2, 0.25) is 0 Å². The molecule has 1 amide bonds. The fourth-order valence-corrected chi connectivity index (χ4v) is 3.10. The first-order chi connectivity index (χ1) is 12.0. The second-order valence-electron chi connectivity index (χ2n) is 5.83. The zero-order chi connectivity index (χ0) is 18.1. The van der Waals surface area contributed by atoms with Crippen LogP contribution < -0.4 is 4.90 Å². The number of halogens is 2. The van der Waals surface area contributed by atoms with Gasteiger partial charge in [-0.3, -0.25) is 4.79 Å². The average molecular weight is 359 g/mol. The molecular formula is C18H15F2N3OS. The predicted molar refractivity (Wildman–Crippen MR) is 91.8 cm³/mol. The molecule has 1 aliphatic rings. The maximum absolute atomic E-state index is 13.5. The van der Waals surface area contributed by atoms with Gasteiger partial charge in [0, 0.05) is 30.4 Å². The van der Waals surface area contributed by atoms with Crippen LogP contribution in [0.1, 0.15) is 40.4 Å². The highest BCUT2D eigenvalue weighted by molar-refractivity contribution is 7.98. The molecule has 3 rings (SSSR count). The molecular weight excluding hydrogens is 344 g/mol. The first kappa shape index (κ1) is 17.4. The number of aromatic nitrogens is 1. The summed E-state index contributed by atoms with van der Waals surface area (Å²) in [5, 5.41) is 9.98. The van der Waals surface area contributed by atoms with E-state index in [1.165, 1.54) is 29.8 Å². The molecule has 0 unspecified atom stereocenters. The molecule has 128 valence electrons. The topological polar surface area (TPSA) is 57.0 Å². The molecule has 25 heavy (non-hydrogen) atoms. The van der Waals surface area contributed by atoms with Crippen LogP contribution in [0.2, 0.25) is 0 Å². The summed E-state index contributed by atoms with van der Waals surface area (Å²) in [6.45, 7) is 0. The summed E-state index contributed by atoms with van der Waals surface area (Å²) in [5.41, 5.74) is 1.45. The molecule has 1 fully saturated rings. The highest BCUT2D eigenvalue weighted by Crippen LogP contribution is 2.40. The summed E-state index contributed by atoms with van der Waals surface area (Å²) in [5.74, 6) is -2.15. The molecule has 4 nitrogen and oxygen atoms in total. The summed E-state index contributed by atoms with van der Waals surface area (Å²) in [4.78, 5) is 18.6. The standard InChI is InChI=1S/C18H15F2N3OS/c1-23(11-5-6-14(19)15(20)7-11)18(24)12-8-16(10-3-4-10)22-17(25-2)13(12)9-21/h5-8,10H,3-4H2,1-2H3. The third kappa shape index (κ3) is 3.35. The van der Waals surface area contributed by atoms with E-state index in [9.17, 15) is 18.8 Å². The van der Waals surface area contributed by atoms with Crippen molar-refractivity contribution in [3.05, 3.63) is 52.7 Å². The second kappa shape index (κ2) is 6.81. The molecule has 1 saturated carbocycles. The zero-order valence-electron chi connectivity index (χ0n) is 13.7. The molecule has 1 aromatic carbocycles. The number of carbonyl (C=O) groups is 1. The van der Waals surface area contributed by atoms with Gasteiger partial charge in [-0.15, -0.1) is 11.8 Å². The lowest BCUT2D eigenvalue weighted by Gasteiger charge is -2.19. The van der Waals surface area contributed by atoms with Crippen molar-refractivity contribution in [1.29, 1.82) is 5.26 Å². The average Bonchev–Trinajstić information content (AvgIpc) is 3.46. The van der Waals surface area contributed by atoms with Gasteiger partial charge >= 0.3 is 0 Å². The van der Waals surface area contributed by atoms with Crippen LogP contribution in [0.5, 0.6) is 0 Å². The number of nitrogens with zero attached hydrogens (tertiary/aromatic N) is 3. The normalized spacial score (nSPS) is 13.4. The smallest absolute Gasteiger partial charge is 0.259 e. The Labute approximate surface area is 148 Å². The number of carbonyl (C=O) groups excluding carboxylic acids is 1. The molecule has 1 heterocycles. The Morgan fingerprint density at radius 1 is 1.32 bits per heavy atom. The number of benzene rings is 1. The van der Waals surface area contributed by atoms with Gasteiger partial charge in [-0.1, -0.05) is 0 Å². The van der Waals surface area contributed by atoms with E-state index >= 15 is 0 Å². The van der Waals surface area contributed by atoms with Crippen LogP contribution in [0.15, 0.2) is 29.3 Å². The summed E-state index contributed by atoms with van der Waals surface area (Å²) in [6, 6.07) is 6.94. The van der Waals surface area contributed by atoms with Gasteiger partial charge < -0.3 is 4.90 Å². The van der Waals surface area contributed by atoms with Crippen molar-refractivity contribution in [2.75, 3.05) is 18.2 Å². The number of thioether (sulfide) groups is 1. The number of hydrogen-bond donors (Lipinski definition) is 0. The van der Waals surface area contributed by atoms with Crippen LogP contribution in [-0.4, -0.2) is 24.2 Å². The summed E-state index contributed by atoms with van der Waals surface area (Å²) < 4.78 is 26.6. The van der Waals surface area contributed by atoms with E-state index in [1.807, 2.05) is 6.07 Å². The molecule has 0 aliphatic heterocycles. The van der Waals surface area contributed by atoms with E-state index in [2.05, 4.69) is 4.98 Å². The zero-order valence-corrected chi connectivity index (χ0v) is 14.5. The Balaban J connectivity index is 2.04. The molecule has 0 spiro atoms. The molecule has 0 atom stereocenters. The van der Waals surface area contributed by atoms with Crippen molar-refractivity contribution in [3.8, 4) is 6.07 Å². The maximum atomic E-state index is 13.5. The van der Waals surface area contributed by atoms with Crippen molar-refractivity contribution in [2.24, 2.45) is 0 Å². The summed E-state index contributed by atoms with van der Waals surface area (Å²) in [7, 11) is 1.46. The highest BCUT2D eigenvalue weighted by atomic mass is 32.2. The number of hydrogen-bond acceptors (Lipinski definition) is 4. The lowest BCUT2D eigenvalue weighted by Crippen LogP contribution is -2.27. The van der Waals surface area contributed by atoms with E-state index in [0.29, 0.717) is 10.9 Å². The van der Waals surface area contributed by atoms with Crippen molar-refractivity contribution >= 4 is 23.4 Å².